The van der Waals surface area contributed by atoms with Gasteiger partial charge in [0.1, 0.15) is 28.5 Å². The van der Waals surface area contributed by atoms with Gasteiger partial charge in [-0.15, -0.1) is 0 Å². The van der Waals surface area contributed by atoms with Crippen molar-refractivity contribution in [2.24, 2.45) is 0 Å². The zero-order valence-electron chi connectivity index (χ0n) is 29.3. The number of aromatic nitrogens is 1. The Morgan fingerprint density at radius 1 is 1.02 bits per heavy atom. The third-order valence-electron chi connectivity index (χ3n) is 8.42. The molecule has 0 saturated heterocycles. The van der Waals surface area contributed by atoms with Crippen molar-refractivity contribution in [3.63, 3.8) is 0 Å². The maximum absolute atomic E-state index is 15.3. The van der Waals surface area contributed by atoms with Gasteiger partial charge in [-0.2, -0.15) is 0 Å². The molecule has 0 radical (unpaired) electrons. The zero-order chi connectivity index (χ0) is 34.7. The number of fused-ring (bicyclic) bond motifs is 2. The Bertz CT molecular complexity index is 1630. The van der Waals surface area contributed by atoms with Crippen LogP contribution in [-0.4, -0.2) is 55.4 Å². The number of ether oxygens (including phenoxy) is 1. The molecule has 4 rings (SSSR count). The van der Waals surface area contributed by atoms with Crippen LogP contribution in [0, 0.1) is 12.7 Å². The van der Waals surface area contributed by atoms with E-state index in [1.165, 1.54) is 6.07 Å². The van der Waals surface area contributed by atoms with Crippen molar-refractivity contribution in [3.05, 3.63) is 65.1 Å². The standard InChI is InChI=1S/C35H49FN6O4Si/c1-11-42(17-16-38-33(44)45-34(3,4)5)21-23-12-13-25-28(19-23)41-32(43)30-26(14-15-37-31(30)40-25)39-27-20-29(22(2)18-24(27)36)46-47(9,10)35(6,7)8/h12-15,18-20H,11,16-17,21H2,1-10H3,(H,38,44)(H,41,43)(H2,37,39,40). The first-order valence-electron chi connectivity index (χ1n) is 16.0. The van der Waals surface area contributed by atoms with E-state index in [2.05, 4.69) is 71.9 Å². The summed E-state index contributed by atoms with van der Waals surface area (Å²) in [5.74, 6) is 0.142. The lowest BCUT2D eigenvalue weighted by Crippen LogP contribution is -2.44. The highest BCUT2D eigenvalue weighted by Gasteiger charge is 2.39. The molecule has 254 valence electrons. The van der Waals surface area contributed by atoms with Crippen LogP contribution < -0.4 is 25.7 Å². The number of rotatable bonds is 10. The molecule has 2 amide bonds. The van der Waals surface area contributed by atoms with Crippen molar-refractivity contribution in [3.8, 4) is 5.75 Å². The fraction of sp³-hybridized carbons (Fsp3) is 0.457. The summed E-state index contributed by atoms with van der Waals surface area (Å²) in [6, 6.07) is 10.6. The lowest BCUT2D eigenvalue weighted by molar-refractivity contribution is 0.0521. The van der Waals surface area contributed by atoms with Crippen molar-refractivity contribution in [2.45, 2.75) is 85.7 Å². The van der Waals surface area contributed by atoms with Crippen molar-refractivity contribution >= 4 is 48.9 Å². The number of hydrogen-bond acceptors (Lipinski definition) is 8. The van der Waals surface area contributed by atoms with Crippen molar-refractivity contribution in [1.82, 2.24) is 15.2 Å². The molecule has 3 aromatic rings. The lowest BCUT2D eigenvalue weighted by atomic mass is 10.1. The number of alkyl carbamates (subject to hydrolysis) is 1. The fourth-order valence-corrected chi connectivity index (χ4v) is 5.85. The smallest absolute Gasteiger partial charge is 0.407 e. The van der Waals surface area contributed by atoms with E-state index in [-0.39, 0.29) is 22.2 Å². The van der Waals surface area contributed by atoms with E-state index >= 15 is 4.39 Å². The normalized spacial score (nSPS) is 13.1. The molecule has 47 heavy (non-hydrogen) atoms. The van der Waals surface area contributed by atoms with Crippen LogP contribution in [-0.2, 0) is 11.3 Å². The molecule has 10 nitrogen and oxygen atoms in total. The minimum atomic E-state index is -2.18. The first kappa shape index (κ1) is 35.7. The van der Waals surface area contributed by atoms with Crippen LogP contribution in [0.15, 0.2) is 42.6 Å². The molecule has 4 N–H and O–H groups in total. The van der Waals surface area contributed by atoms with Gasteiger partial charge in [-0.05, 0) is 87.8 Å². The molecule has 2 aromatic carbocycles. The van der Waals surface area contributed by atoms with Crippen LogP contribution in [0.4, 0.5) is 37.8 Å². The van der Waals surface area contributed by atoms with Gasteiger partial charge in [-0.3, -0.25) is 9.69 Å². The summed E-state index contributed by atoms with van der Waals surface area (Å²) in [7, 11) is -2.18. The van der Waals surface area contributed by atoms with E-state index in [0.717, 1.165) is 12.1 Å². The molecule has 0 aliphatic carbocycles. The summed E-state index contributed by atoms with van der Waals surface area (Å²) in [4.78, 5) is 32.3. The minimum absolute atomic E-state index is 0.0315. The number of halogens is 1. The number of likely N-dealkylation sites (N-methyl/N-ethyl adjacent to an activating group) is 1. The minimum Gasteiger partial charge on any atom is -0.543 e. The highest BCUT2D eigenvalue weighted by molar-refractivity contribution is 6.74. The van der Waals surface area contributed by atoms with Gasteiger partial charge in [-0.25, -0.2) is 14.2 Å². The van der Waals surface area contributed by atoms with E-state index in [0.29, 0.717) is 53.8 Å². The summed E-state index contributed by atoms with van der Waals surface area (Å²) in [6.45, 7) is 22.6. The van der Waals surface area contributed by atoms with Gasteiger partial charge in [0.15, 0.2) is 0 Å². The van der Waals surface area contributed by atoms with Crippen molar-refractivity contribution in [2.75, 3.05) is 35.6 Å². The third-order valence-corrected chi connectivity index (χ3v) is 12.8. The number of carbonyl (C=O) groups excluding carboxylic acids is 2. The SMILES string of the molecule is CCN(CCNC(=O)OC(C)(C)C)Cc1ccc2c(c1)NC(=O)c1c(Nc3cc(O[Si](C)(C)C(C)(C)C)c(C)cc3F)ccnc1N2. The zero-order valence-corrected chi connectivity index (χ0v) is 30.3. The number of pyridine rings is 1. The number of benzene rings is 2. The number of amides is 2. The van der Waals surface area contributed by atoms with Crippen LogP contribution in [0.5, 0.6) is 5.75 Å². The molecule has 0 fully saturated rings. The summed E-state index contributed by atoms with van der Waals surface area (Å²) in [5, 5.41) is 12.2. The van der Waals surface area contributed by atoms with Crippen molar-refractivity contribution < 1.29 is 23.1 Å². The number of carbonyl (C=O) groups is 2. The Labute approximate surface area is 279 Å². The van der Waals surface area contributed by atoms with Gasteiger partial charge in [0.05, 0.1) is 22.7 Å². The molecule has 0 saturated carbocycles. The van der Waals surface area contributed by atoms with E-state index in [1.807, 2.05) is 45.9 Å². The van der Waals surface area contributed by atoms with Crippen LogP contribution in [0.3, 0.4) is 0 Å². The van der Waals surface area contributed by atoms with Gasteiger partial charge in [0, 0.05) is 31.9 Å². The van der Waals surface area contributed by atoms with E-state index < -0.39 is 25.8 Å². The number of nitrogens with zero attached hydrogens (tertiary/aromatic N) is 2. The first-order chi connectivity index (χ1) is 21.9. The fourth-order valence-electron chi connectivity index (χ4n) is 4.77. The molecule has 0 bridgehead atoms. The Morgan fingerprint density at radius 2 is 1.74 bits per heavy atom. The molecule has 0 spiro atoms. The topological polar surface area (TPSA) is 117 Å². The molecule has 0 unspecified atom stereocenters. The highest BCUT2D eigenvalue weighted by Crippen LogP contribution is 2.40. The number of anilines is 5. The molecule has 2 heterocycles. The number of aryl methyl sites for hydroxylation is 1. The Morgan fingerprint density at radius 3 is 2.40 bits per heavy atom. The van der Waals surface area contributed by atoms with Gasteiger partial charge < -0.3 is 30.4 Å². The second-order valence-electron chi connectivity index (χ2n) is 14.4. The van der Waals surface area contributed by atoms with Gasteiger partial charge in [0.25, 0.3) is 5.91 Å². The van der Waals surface area contributed by atoms with E-state index in [9.17, 15) is 9.59 Å². The molecule has 12 heteroatoms. The molecular formula is C35H49FN6O4Si. The molecular weight excluding hydrogens is 616 g/mol. The Balaban J connectivity index is 1.51. The largest absolute Gasteiger partial charge is 0.543 e. The first-order valence-corrected chi connectivity index (χ1v) is 18.9. The average Bonchev–Trinajstić information content (AvgIpc) is 3.09. The van der Waals surface area contributed by atoms with E-state index in [4.69, 9.17) is 9.16 Å². The van der Waals surface area contributed by atoms with Crippen LogP contribution in [0.2, 0.25) is 18.1 Å². The lowest BCUT2D eigenvalue weighted by Gasteiger charge is -2.37. The van der Waals surface area contributed by atoms with Crippen LogP contribution >= 0.6 is 0 Å². The van der Waals surface area contributed by atoms with Gasteiger partial charge in [0.2, 0.25) is 8.32 Å². The summed E-state index contributed by atoms with van der Waals surface area (Å²) in [6.07, 6.45) is 1.13. The van der Waals surface area contributed by atoms with Gasteiger partial charge in [-0.1, -0.05) is 33.8 Å². The average molecular weight is 665 g/mol. The molecule has 1 aliphatic rings. The summed E-state index contributed by atoms with van der Waals surface area (Å²) < 4.78 is 27.1. The van der Waals surface area contributed by atoms with Crippen molar-refractivity contribution in [1.29, 1.82) is 0 Å². The predicted molar refractivity (Wildman–Crippen MR) is 189 cm³/mol. The quantitative estimate of drug-likeness (QED) is 0.160. The Hall–Kier alpha value is -4.16. The predicted octanol–water partition coefficient (Wildman–Crippen LogP) is 8.31. The van der Waals surface area contributed by atoms with Gasteiger partial charge >= 0.3 is 6.09 Å². The molecule has 0 atom stereocenters. The van der Waals surface area contributed by atoms with Crippen LogP contribution in [0.1, 0.15) is 70.0 Å². The van der Waals surface area contributed by atoms with E-state index in [1.54, 1.807) is 18.3 Å². The number of hydrogen-bond donors (Lipinski definition) is 4. The second kappa shape index (κ2) is 13.9. The summed E-state index contributed by atoms with van der Waals surface area (Å²) in [5.41, 5.74) is 3.30. The molecule has 1 aliphatic heterocycles. The maximum Gasteiger partial charge on any atom is 0.407 e. The maximum atomic E-state index is 15.3. The summed E-state index contributed by atoms with van der Waals surface area (Å²) >= 11 is 0. The molecule has 1 aromatic heterocycles. The highest BCUT2D eigenvalue weighted by atomic mass is 28.4. The monoisotopic (exact) mass is 664 g/mol. The third kappa shape index (κ3) is 9.01. The second-order valence-corrected chi connectivity index (χ2v) is 19.1. The number of nitrogens with one attached hydrogen (secondary N) is 4. The van der Waals surface area contributed by atoms with Crippen LogP contribution in [0.25, 0.3) is 0 Å². The Kier molecular flexibility index (Phi) is 10.6.